The summed E-state index contributed by atoms with van der Waals surface area (Å²) in [5, 5.41) is 2.69. The topological polar surface area (TPSA) is 66.5 Å². The molecule has 0 aliphatic carbocycles. The summed E-state index contributed by atoms with van der Waals surface area (Å²) >= 11 is 0. The van der Waals surface area contributed by atoms with E-state index in [0.29, 0.717) is 13.1 Å². The summed E-state index contributed by atoms with van der Waals surface area (Å²) in [5.74, 6) is -0.183. The van der Waals surface area contributed by atoms with Crippen LogP contribution < -0.4 is 5.32 Å². The van der Waals surface area contributed by atoms with Crippen molar-refractivity contribution in [3.63, 3.8) is 0 Å². The number of rotatable bonds is 2. The van der Waals surface area contributed by atoms with Gasteiger partial charge in [0, 0.05) is 13.1 Å². The fourth-order valence-corrected chi connectivity index (χ4v) is 4.39. The van der Waals surface area contributed by atoms with Crippen molar-refractivity contribution in [2.45, 2.75) is 40.2 Å². The molecule has 1 aliphatic heterocycles. The lowest BCUT2D eigenvalue weighted by molar-refractivity contribution is -0.131. The molecule has 6 heteroatoms. The zero-order valence-corrected chi connectivity index (χ0v) is 12.0. The highest BCUT2D eigenvalue weighted by Gasteiger charge is 2.45. The number of carbonyl (C=O) groups excluding carboxylic acids is 1. The van der Waals surface area contributed by atoms with E-state index in [1.165, 1.54) is 4.31 Å². The van der Waals surface area contributed by atoms with Gasteiger partial charge in [0.1, 0.15) is 5.54 Å². The highest BCUT2D eigenvalue weighted by Crippen LogP contribution is 2.26. The summed E-state index contributed by atoms with van der Waals surface area (Å²) in [6.07, 6.45) is 0. The van der Waals surface area contributed by atoms with Crippen molar-refractivity contribution in [3.8, 4) is 0 Å². The summed E-state index contributed by atoms with van der Waals surface area (Å²) in [6.45, 7) is 9.64. The van der Waals surface area contributed by atoms with Gasteiger partial charge in [-0.2, -0.15) is 4.31 Å². The van der Waals surface area contributed by atoms with Gasteiger partial charge in [-0.05, 0) is 19.3 Å². The van der Waals surface area contributed by atoms with Gasteiger partial charge >= 0.3 is 0 Å². The first-order chi connectivity index (χ1) is 7.47. The van der Waals surface area contributed by atoms with Crippen LogP contribution in [0.15, 0.2) is 0 Å². The highest BCUT2D eigenvalue weighted by atomic mass is 32.2. The first kappa shape index (κ1) is 14.4. The molecule has 1 aliphatic rings. The quantitative estimate of drug-likeness (QED) is 0.791. The largest absolute Gasteiger partial charge is 0.353 e. The van der Waals surface area contributed by atoms with Crippen LogP contribution in [0.25, 0.3) is 0 Å². The van der Waals surface area contributed by atoms with E-state index in [1.54, 1.807) is 13.8 Å². The fourth-order valence-electron chi connectivity index (χ4n) is 1.99. The number of nitrogens with one attached hydrogen (secondary N) is 1. The van der Waals surface area contributed by atoms with Gasteiger partial charge in [0.2, 0.25) is 15.9 Å². The van der Waals surface area contributed by atoms with E-state index in [0.717, 1.165) is 0 Å². The summed E-state index contributed by atoms with van der Waals surface area (Å²) < 4.78 is 25.9. The number of hydrogen-bond donors (Lipinski definition) is 1. The second kappa shape index (κ2) is 4.24. The lowest BCUT2D eigenvalue weighted by Crippen LogP contribution is -2.64. The number of amides is 1. The molecule has 0 unspecified atom stereocenters. The number of piperazine rings is 1. The molecule has 0 radical (unpaired) electrons. The molecule has 1 amide bonds. The Labute approximate surface area is 104 Å². The Morgan fingerprint density at radius 1 is 1.35 bits per heavy atom. The maximum absolute atomic E-state index is 12.3. The van der Waals surface area contributed by atoms with Gasteiger partial charge in [-0.3, -0.25) is 4.79 Å². The SMILES string of the molecule is CC(C)(C)CS(=O)(=O)N1CCNC(=O)C1(C)C. The molecule has 1 heterocycles. The predicted molar refractivity (Wildman–Crippen MR) is 67.0 cm³/mol. The van der Waals surface area contributed by atoms with Crippen molar-refractivity contribution in [3.05, 3.63) is 0 Å². The van der Waals surface area contributed by atoms with Crippen LogP contribution in [-0.4, -0.2) is 43.0 Å². The first-order valence-corrected chi connectivity index (χ1v) is 7.36. The fraction of sp³-hybridized carbons (Fsp3) is 0.909. The van der Waals surface area contributed by atoms with E-state index < -0.39 is 15.6 Å². The van der Waals surface area contributed by atoms with Crippen LogP contribution in [0.3, 0.4) is 0 Å². The van der Waals surface area contributed by atoms with Gasteiger partial charge in [-0.15, -0.1) is 0 Å². The molecular formula is C11H22N2O3S. The van der Waals surface area contributed by atoms with Crippen LogP contribution in [0.2, 0.25) is 0 Å². The minimum Gasteiger partial charge on any atom is -0.353 e. The molecule has 1 N–H and O–H groups in total. The highest BCUT2D eigenvalue weighted by molar-refractivity contribution is 7.89. The van der Waals surface area contributed by atoms with Crippen molar-refractivity contribution >= 4 is 15.9 Å². The average Bonchev–Trinajstić information content (AvgIpc) is 2.04. The van der Waals surface area contributed by atoms with Gasteiger partial charge in [0.25, 0.3) is 0 Å². The Balaban J connectivity index is 3.02. The van der Waals surface area contributed by atoms with Gasteiger partial charge in [-0.25, -0.2) is 8.42 Å². The Kier molecular flexibility index (Phi) is 3.60. The van der Waals surface area contributed by atoms with Gasteiger partial charge < -0.3 is 5.32 Å². The zero-order chi connectivity index (χ0) is 13.5. The molecule has 1 saturated heterocycles. The molecule has 5 nitrogen and oxygen atoms in total. The zero-order valence-electron chi connectivity index (χ0n) is 11.2. The third-order valence-electron chi connectivity index (χ3n) is 2.73. The maximum Gasteiger partial charge on any atom is 0.241 e. The van der Waals surface area contributed by atoms with Crippen molar-refractivity contribution in [2.75, 3.05) is 18.8 Å². The van der Waals surface area contributed by atoms with E-state index in [9.17, 15) is 13.2 Å². The normalized spacial score (nSPS) is 22.3. The second-order valence-electron chi connectivity index (χ2n) is 6.20. The molecule has 1 fully saturated rings. The first-order valence-electron chi connectivity index (χ1n) is 5.76. The molecule has 0 aromatic rings. The molecule has 0 aromatic carbocycles. The molecule has 0 aromatic heterocycles. The van der Waals surface area contributed by atoms with Crippen LogP contribution in [0, 0.1) is 5.41 Å². The Morgan fingerprint density at radius 3 is 2.35 bits per heavy atom. The standard InChI is InChI=1S/C11H22N2O3S/c1-10(2,3)8-17(15,16)13-7-6-12-9(14)11(13,4)5/h6-8H2,1-5H3,(H,12,14). The summed E-state index contributed by atoms with van der Waals surface area (Å²) in [5.41, 5.74) is -1.31. The molecule has 0 bridgehead atoms. The van der Waals surface area contributed by atoms with E-state index >= 15 is 0 Å². The molecule has 0 saturated carbocycles. The smallest absolute Gasteiger partial charge is 0.241 e. The summed E-state index contributed by atoms with van der Waals surface area (Å²) in [6, 6.07) is 0. The van der Waals surface area contributed by atoms with Crippen molar-refractivity contribution < 1.29 is 13.2 Å². The van der Waals surface area contributed by atoms with Crippen LogP contribution in [-0.2, 0) is 14.8 Å². The van der Waals surface area contributed by atoms with Crippen LogP contribution in [0.4, 0.5) is 0 Å². The molecular weight excluding hydrogens is 240 g/mol. The van der Waals surface area contributed by atoms with E-state index in [4.69, 9.17) is 0 Å². The Bertz CT molecular complexity index is 407. The molecule has 0 atom stereocenters. The third kappa shape index (κ3) is 3.19. The number of carbonyl (C=O) groups is 1. The van der Waals surface area contributed by atoms with Gasteiger partial charge in [0.15, 0.2) is 0 Å². The number of hydrogen-bond acceptors (Lipinski definition) is 3. The Hall–Kier alpha value is -0.620. The van der Waals surface area contributed by atoms with Gasteiger partial charge in [-0.1, -0.05) is 20.8 Å². The second-order valence-corrected chi connectivity index (χ2v) is 8.10. The summed E-state index contributed by atoms with van der Waals surface area (Å²) in [4.78, 5) is 11.7. The van der Waals surface area contributed by atoms with Gasteiger partial charge in [0.05, 0.1) is 5.75 Å². The summed E-state index contributed by atoms with van der Waals surface area (Å²) in [7, 11) is -3.41. The lowest BCUT2D eigenvalue weighted by Gasteiger charge is -2.41. The van der Waals surface area contributed by atoms with E-state index in [-0.39, 0.29) is 17.1 Å². The molecule has 17 heavy (non-hydrogen) atoms. The maximum atomic E-state index is 12.3. The monoisotopic (exact) mass is 262 g/mol. The molecule has 1 rings (SSSR count). The predicted octanol–water partition coefficient (Wildman–Crippen LogP) is 0.573. The van der Waals surface area contributed by atoms with E-state index in [2.05, 4.69) is 5.32 Å². The minimum absolute atomic E-state index is 0.0523. The third-order valence-corrected chi connectivity index (χ3v) is 5.27. The van der Waals surface area contributed by atoms with Crippen LogP contribution in [0.5, 0.6) is 0 Å². The van der Waals surface area contributed by atoms with Crippen molar-refractivity contribution in [2.24, 2.45) is 5.41 Å². The lowest BCUT2D eigenvalue weighted by atomic mass is 10.0. The van der Waals surface area contributed by atoms with Crippen molar-refractivity contribution in [1.29, 1.82) is 0 Å². The average molecular weight is 262 g/mol. The Morgan fingerprint density at radius 2 is 1.88 bits per heavy atom. The van der Waals surface area contributed by atoms with E-state index in [1.807, 2.05) is 20.8 Å². The molecule has 100 valence electrons. The van der Waals surface area contributed by atoms with Crippen LogP contribution >= 0.6 is 0 Å². The number of sulfonamides is 1. The molecule has 0 spiro atoms. The number of nitrogens with zero attached hydrogens (tertiary/aromatic N) is 1. The van der Waals surface area contributed by atoms with Crippen molar-refractivity contribution in [1.82, 2.24) is 9.62 Å². The minimum atomic E-state index is -3.41. The van der Waals surface area contributed by atoms with Crippen LogP contribution in [0.1, 0.15) is 34.6 Å².